The zero-order chi connectivity index (χ0) is 14.3. The van der Waals surface area contributed by atoms with Gasteiger partial charge < -0.3 is 4.57 Å². The van der Waals surface area contributed by atoms with Crippen LogP contribution in [0.2, 0.25) is 0 Å². The van der Waals surface area contributed by atoms with Gasteiger partial charge in [0.05, 0.1) is 16.4 Å². The van der Waals surface area contributed by atoms with Crippen LogP contribution in [0.3, 0.4) is 0 Å². The van der Waals surface area contributed by atoms with Crippen molar-refractivity contribution in [1.82, 2.24) is 9.55 Å². The fourth-order valence-corrected chi connectivity index (χ4v) is 4.19. The number of fused-ring (bicyclic) bond motifs is 1. The molecule has 0 N–H and O–H groups in total. The van der Waals surface area contributed by atoms with Crippen molar-refractivity contribution in [1.29, 1.82) is 0 Å². The highest BCUT2D eigenvalue weighted by molar-refractivity contribution is 7.99. The van der Waals surface area contributed by atoms with Gasteiger partial charge in [0.1, 0.15) is 11.6 Å². The summed E-state index contributed by atoms with van der Waals surface area (Å²) in [5.74, 6) is 3.74. The lowest BCUT2D eigenvalue weighted by atomic mass is 10.1. The maximum absolute atomic E-state index is 13.7. The molecule has 20 heavy (non-hydrogen) atoms. The Morgan fingerprint density at radius 1 is 1.55 bits per heavy atom. The molecular weight excluding hydrogens is 295 g/mol. The van der Waals surface area contributed by atoms with Crippen LogP contribution >= 0.6 is 23.4 Å². The monoisotopic (exact) mass is 312 g/mol. The van der Waals surface area contributed by atoms with Crippen LogP contribution in [0.15, 0.2) is 12.1 Å². The molecule has 1 aromatic carbocycles. The minimum absolute atomic E-state index is 0.167. The minimum atomic E-state index is -0.202. The first-order chi connectivity index (χ1) is 9.56. The van der Waals surface area contributed by atoms with Crippen LogP contribution in [-0.2, 0) is 6.54 Å². The summed E-state index contributed by atoms with van der Waals surface area (Å²) >= 11 is 8.27. The molecule has 108 valence electrons. The average molecular weight is 313 g/mol. The van der Waals surface area contributed by atoms with E-state index >= 15 is 0 Å². The second-order valence-electron chi connectivity index (χ2n) is 5.52. The van der Waals surface area contributed by atoms with Crippen LogP contribution < -0.4 is 0 Å². The number of hydrogen-bond donors (Lipinski definition) is 0. The van der Waals surface area contributed by atoms with E-state index in [1.54, 1.807) is 6.92 Å². The Morgan fingerprint density at radius 3 is 3.00 bits per heavy atom. The number of aryl methyl sites for hydroxylation is 1. The molecule has 0 bridgehead atoms. The van der Waals surface area contributed by atoms with Gasteiger partial charge in [-0.2, -0.15) is 11.8 Å². The lowest BCUT2D eigenvalue weighted by Crippen LogP contribution is -2.13. The molecule has 3 rings (SSSR count). The quantitative estimate of drug-likeness (QED) is 0.775. The molecular formula is C15H18ClFN2S. The third-order valence-corrected chi connectivity index (χ3v) is 5.31. The molecule has 1 fully saturated rings. The molecule has 0 saturated carbocycles. The third-order valence-electron chi connectivity index (χ3n) is 3.88. The normalized spacial score (nSPS) is 20.7. The largest absolute Gasteiger partial charge is 0.326 e. The molecule has 1 aliphatic rings. The Labute approximate surface area is 127 Å². The number of hydrogen-bond acceptors (Lipinski definition) is 2. The van der Waals surface area contributed by atoms with Crippen LogP contribution in [0.5, 0.6) is 0 Å². The van der Waals surface area contributed by atoms with E-state index in [1.807, 2.05) is 24.8 Å². The summed E-state index contributed by atoms with van der Waals surface area (Å²) in [6.45, 7) is 4.65. The first-order valence-corrected chi connectivity index (χ1v) is 8.53. The summed E-state index contributed by atoms with van der Waals surface area (Å²) in [4.78, 5) is 4.54. The molecule has 0 aliphatic carbocycles. The van der Waals surface area contributed by atoms with Crippen molar-refractivity contribution >= 4 is 34.4 Å². The molecule has 2 aromatic rings. The number of nitrogens with zero attached hydrogens (tertiary/aromatic N) is 2. The van der Waals surface area contributed by atoms with E-state index in [1.165, 1.54) is 24.0 Å². The van der Waals surface area contributed by atoms with Gasteiger partial charge in [0.15, 0.2) is 0 Å². The van der Waals surface area contributed by atoms with E-state index in [4.69, 9.17) is 11.6 Å². The molecule has 1 aromatic heterocycles. The highest BCUT2D eigenvalue weighted by Crippen LogP contribution is 2.31. The van der Waals surface area contributed by atoms with Crippen molar-refractivity contribution in [3.05, 3.63) is 29.3 Å². The molecule has 2 heterocycles. The maximum atomic E-state index is 13.7. The average Bonchev–Trinajstić information content (AvgIpc) is 3.00. The predicted molar refractivity (Wildman–Crippen MR) is 84.1 cm³/mol. The van der Waals surface area contributed by atoms with Gasteiger partial charge in [-0.3, -0.25) is 0 Å². The van der Waals surface area contributed by atoms with Crippen molar-refractivity contribution in [2.24, 2.45) is 5.92 Å². The number of halogens is 2. The standard InChI is InChI=1S/C15H18ClFN2S/c1-9-5-14-13(6-12(9)17)18-15(10(2)16)19(14)7-11-3-4-20-8-11/h5-6,10-11H,3-4,7-8H2,1-2H3. The molecule has 1 saturated heterocycles. The van der Waals surface area contributed by atoms with E-state index in [2.05, 4.69) is 9.55 Å². The van der Waals surface area contributed by atoms with E-state index in [0.29, 0.717) is 17.0 Å². The van der Waals surface area contributed by atoms with Gasteiger partial charge in [-0.25, -0.2) is 9.37 Å². The number of imidazole rings is 1. The van der Waals surface area contributed by atoms with Crippen molar-refractivity contribution in [2.75, 3.05) is 11.5 Å². The second-order valence-corrected chi connectivity index (χ2v) is 7.32. The lowest BCUT2D eigenvalue weighted by molar-refractivity contribution is 0.488. The van der Waals surface area contributed by atoms with Gasteiger partial charge in [0, 0.05) is 12.6 Å². The van der Waals surface area contributed by atoms with Gasteiger partial charge in [-0.05, 0) is 49.3 Å². The van der Waals surface area contributed by atoms with E-state index in [0.717, 1.165) is 17.9 Å². The number of aromatic nitrogens is 2. The highest BCUT2D eigenvalue weighted by atomic mass is 35.5. The Kier molecular flexibility index (Phi) is 3.95. The number of alkyl halides is 1. The number of rotatable bonds is 3. The Balaban J connectivity index is 2.10. The summed E-state index contributed by atoms with van der Waals surface area (Å²) in [5.41, 5.74) is 2.37. The lowest BCUT2D eigenvalue weighted by Gasteiger charge is -2.15. The molecule has 0 radical (unpaired) electrons. The van der Waals surface area contributed by atoms with E-state index < -0.39 is 0 Å². The van der Waals surface area contributed by atoms with E-state index in [9.17, 15) is 4.39 Å². The van der Waals surface area contributed by atoms with Gasteiger partial charge in [0.25, 0.3) is 0 Å². The smallest absolute Gasteiger partial charge is 0.128 e. The highest BCUT2D eigenvalue weighted by Gasteiger charge is 2.21. The zero-order valence-electron chi connectivity index (χ0n) is 11.7. The SMILES string of the molecule is Cc1cc2c(cc1F)nc(C(C)Cl)n2CC1CCSC1. The Morgan fingerprint density at radius 2 is 2.35 bits per heavy atom. The molecule has 5 heteroatoms. The first-order valence-electron chi connectivity index (χ1n) is 6.94. The molecule has 2 atom stereocenters. The third kappa shape index (κ3) is 2.56. The second kappa shape index (κ2) is 5.57. The molecule has 0 spiro atoms. The van der Waals surface area contributed by atoms with Crippen molar-refractivity contribution in [3.63, 3.8) is 0 Å². The Bertz CT molecular complexity index is 632. The van der Waals surface area contributed by atoms with Crippen LogP contribution in [-0.4, -0.2) is 21.1 Å². The van der Waals surface area contributed by atoms with Crippen LogP contribution in [0.25, 0.3) is 11.0 Å². The summed E-state index contributed by atoms with van der Waals surface area (Å²) in [6.07, 6.45) is 1.24. The van der Waals surface area contributed by atoms with E-state index in [-0.39, 0.29) is 11.2 Å². The fraction of sp³-hybridized carbons (Fsp3) is 0.533. The van der Waals surface area contributed by atoms with Gasteiger partial charge in [0.2, 0.25) is 0 Å². The summed E-state index contributed by atoms with van der Waals surface area (Å²) in [6, 6.07) is 3.41. The van der Waals surface area contributed by atoms with Crippen molar-refractivity contribution in [2.45, 2.75) is 32.2 Å². The van der Waals surface area contributed by atoms with Gasteiger partial charge >= 0.3 is 0 Å². The molecule has 2 nitrogen and oxygen atoms in total. The molecule has 0 amide bonds. The predicted octanol–water partition coefficient (Wildman–Crippen LogP) is 4.54. The van der Waals surface area contributed by atoms with Crippen LogP contribution in [0, 0.1) is 18.7 Å². The van der Waals surface area contributed by atoms with Crippen LogP contribution in [0.4, 0.5) is 4.39 Å². The van der Waals surface area contributed by atoms with Gasteiger partial charge in [-0.15, -0.1) is 11.6 Å². The maximum Gasteiger partial charge on any atom is 0.128 e. The van der Waals surface area contributed by atoms with Crippen molar-refractivity contribution in [3.8, 4) is 0 Å². The zero-order valence-corrected chi connectivity index (χ0v) is 13.3. The van der Waals surface area contributed by atoms with Crippen LogP contribution in [0.1, 0.15) is 30.1 Å². The minimum Gasteiger partial charge on any atom is -0.326 e. The summed E-state index contributed by atoms with van der Waals surface area (Å²) in [7, 11) is 0. The molecule has 1 aliphatic heterocycles. The van der Waals surface area contributed by atoms with Crippen molar-refractivity contribution < 1.29 is 4.39 Å². The fourth-order valence-electron chi connectivity index (χ4n) is 2.75. The number of benzene rings is 1. The van der Waals surface area contributed by atoms with Gasteiger partial charge in [-0.1, -0.05) is 0 Å². The number of thioether (sulfide) groups is 1. The topological polar surface area (TPSA) is 17.8 Å². The Hall–Kier alpha value is -0.740. The summed E-state index contributed by atoms with van der Waals surface area (Å²) < 4.78 is 15.9. The summed E-state index contributed by atoms with van der Waals surface area (Å²) in [5, 5.41) is -0.167. The molecule has 2 unspecified atom stereocenters. The first kappa shape index (κ1) is 14.2.